The molecule has 1 aliphatic heterocycles. The molecule has 124 valence electrons. The number of fused-ring (bicyclic) bond motifs is 3. The lowest BCUT2D eigenvalue weighted by Crippen LogP contribution is -2.27. The van der Waals surface area contributed by atoms with Crippen LogP contribution >= 0.6 is 11.3 Å². The summed E-state index contributed by atoms with van der Waals surface area (Å²) < 4.78 is 4.05. The van der Waals surface area contributed by atoms with Gasteiger partial charge in [0.2, 0.25) is 0 Å². The van der Waals surface area contributed by atoms with Crippen LogP contribution < -0.4 is 0 Å². The third kappa shape index (κ3) is 2.72. The van der Waals surface area contributed by atoms with Gasteiger partial charge in [0.1, 0.15) is 0 Å². The molecule has 3 heterocycles. The summed E-state index contributed by atoms with van der Waals surface area (Å²) in [6.07, 6.45) is 5.71. The van der Waals surface area contributed by atoms with Gasteiger partial charge >= 0.3 is 0 Å². The van der Waals surface area contributed by atoms with Crippen molar-refractivity contribution in [3.05, 3.63) is 63.7 Å². The first-order chi connectivity index (χ1) is 11.6. The molecule has 0 spiro atoms. The first-order valence-electron chi connectivity index (χ1n) is 8.63. The maximum Gasteiger partial charge on any atom is 0.0628 e. The minimum absolute atomic E-state index is 0.959. The van der Waals surface area contributed by atoms with E-state index in [4.69, 9.17) is 0 Å². The maximum absolute atomic E-state index is 2.55. The van der Waals surface area contributed by atoms with E-state index in [9.17, 15) is 0 Å². The molecule has 3 aromatic rings. The molecule has 0 N–H and O–H groups in total. The predicted molar refractivity (Wildman–Crippen MR) is 105 cm³/mol. The van der Waals surface area contributed by atoms with Gasteiger partial charge in [0.25, 0.3) is 0 Å². The Hall–Kier alpha value is -1.84. The average molecular weight is 337 g/mol. The van der Waals surface area contributed by atoms with Crippen LogP contribution in [-0.2, 0) is 19.5 Å². The highest BCUT2D eigenvalue weighted by Crippen LogP contribution is 2.36. The predicted octanol–water partition coefficient (Wildman–Crippen LogP) is 5.02. The summed E-state index contributed by atoms with van der Waals surface area (Å²) in [5, 5.41) is 2.31. The third-order valence-corrected chi connectivity index (χ3v) is 6.14. The van der Waals surface area contributed by atoms with E-state index in [-0.39, 0.29) is 0 Å². The van der Waals surface area contributed by atoms with Crippen LogP contribution in [0.1, 0.15) is 27.9 Å². The van der Waals surface area contributed by atoms with E-state index < -0.39 is 0 Å². The summed E-state index contributed by atoms with van der Waals surface area (Å²) in [4.78, 5) is 2.43. The Bertz CT molecular complexity index is 896. The topological polar surface area (TPSA) is 8.17 Å². The minimum Gasteiger partial charge on any atom is -0.339 e. The number of benzene rings is 1. The normalized spacial score (nSPS) is 15.5. The van der Waals surface area contributed by atoms with Crippen LogP contribution in [0, 0.1) is 13.8 Å². The van der Waals surface area contributed by atoms with Crippen LogP contribution in [0.25, 0.3) is 16.3 Å². The number of rotatable bonds is 3. The molecule has 2 aromatic heterocycles. The van der Waals surface area contributed by atoms with Gasteiger partial charge in [-0.1, -0.05) is 42.0 Å². The number of aromatic nitrogens is 1. The summed E-state index contributed by atoms with van der Waals surface area (Å²) in [5.41, 5.74) is 8.56. The van der Waals surface area contributed by atoms with Gasteiger partial charge in [-0.2, -0.15) is 0 Å². The Morgan fingerprint density at radius 3 is 2.75 bits per heavy atom. The summed E-state index contributed by atoms with van der Waals surface area (Å²) in [7, 11) is 2.23. The van der Waals surface area contributed by atoms with E-state index >= 15 is 0 Å². The van der Waals surface area contributed by atoms with Crippen molar-refractivity contribution in [3.63, 3.8) is 0 Å². The van der Waals surface area contributed by atoms with Crippen LogP contribution in [-0.4, -0.2) is 23.1 Å². The van der Waals surface area contributed by atoms with Crippen molar-refractivity contribution in [3.8, 4) is 0 Å². The summed E-state index contributed by atoms with van der Waals surface area (Å²) in [5.74, 6) is 0. The maximum atomic E-state index is 2.55. The second-order valence-corrected chi connectivity index (χ2v) is 7.81. The first kappa shape index (κ1) is 15.7. The molecular weight excluding hydrogens is 312 g/mol. The third-order valence-electron chi connectivity index (χ3n) is 4.99. The zero-order valence-corrected chi connectivity index (χ0v) is 15.5. The SMILES string of the molecule is Cc1ccc(/C=C/Cn2c3c(c4scc(C)c42)CN(C)CC3)cc1. The Morgan fingerprint density at radius 1 is 1.17 bits per heavy atom. The highest BCUT2D eigenvalue weighted by molar-refractivity contribution is 7.17. The monoisotopic (exact) mass is 336 g/mol. The van der Waals surface area contributed by atoms with Crippen LogP contribution in [0.15, 0.2) is 35.7 Å². The molecule has 24 heavy (non-hydrogen) atoms. The van der Waals surface area contributed by atoms with Gasteiger partial charge in [-0.15, -0.1) is 11.3 Å². The summed E-state index contributed by atoms with van der Waals surface area (Å²) in [6, 6.07) is 8.73. The Labute approximate surface area is 148 Å². The molecule has 4 rings (SSSR count). The molecule has 0 amide bonds. The largest absolute Gasteiger partial charge is 0.339 e. The van der Waals surface area contributed by atoms with Crippen LogP contribution in [0.2, 0.25) is 0 Å². The highest BCUT2D eigenvalue weighted by atomic mass is 32.1. The van der Waals surface area contributed by atoms with E-state index in [0.717, 1.165) is 26.1 Å². The standard InChI is InChI=1S/C21H24N2S/c1-15-6-8-17(9-7-15)5-4-11-23-19-10-12-22(3)13-18(19)21-20(23)16(2)14-24-21/h4-9,14H,10-13H2,1-3H3/b5-4+. The lowest BCUT2D eigenvalue weighted by Gasteiger charge is -2.24. The molecular formula is C21H24N2S. The molecule has 3 heteroatoms. The molecule has 1 aliphatic rings. The van der Waals surface area contributed by atoms with Crippen molar-refractivity contribution in [1.82, 2.24) is 9.47 Å². The number of thiophene rings is 1. The zero-order valence-electron chi connectivity index (χ0n) is 14.7. The molecule has 0 unspecified atom stereocenters. The average Bonchev–Trinajstić information content (AvgIpc) is 3.09. The summed E-state index contributed by atoms with van der Waals surface area (Å²) in [6.45, 7) is 7.58. The van der Waals surface area contributed by atoms with Gasteiger partial charge in [-0.25, -0.2) is 0 Å². The summed E-state index contributed by atoms with van der Waals surface area (Å²) >= 11 is 1.91. The van der Waals surface area contributed by atoms with Crippen molar-refractivity contribution in [2.24, 2.45) is 0 Å². The Kier molecular flexibility index (Phi) is 4.07. The molecule has 0 saturated carbocycles. The first-order valence-corrected chi connectivity index (χ1v) is 9.51. The van der Waals surface area contributed by atoms with E-state index in [0.29, 0.717) is 0 Å². The molecule has 0 bridgehead atoms. The number of hydrogen-bond donors (Lipinski definition) is 0. The lowest BCUT2D eigenvalue weighted by molar-refractivity contribution is 0.310. The number of aryl methyl sites for hydroxylation is 2. The van der Waals surface area contributed by atoms with Gasteiger partial charge in [-0.3, -0.25) is 0 Å². The van der Waals surface area contributed by atoms with Crippen molar-refractivity contribution < 1.29 is 0 Å². The number of allylic oxidation sites excluding steroid dienone is 1. The van der Waals surface area contributed by atoms with Crippen molar-refractivity contribution >= 4 is 27.6 Å². The van der Waals surface area contributed by atoms with Crippen LogP contribution in [0.4, 0.5) is 0 Å². The van der Waals surface area contributed by atoms with Gasteiger partial charge in [0.15, 0.2) is 0 Å². The van der Waals surface area contributed by atoms with Crippen LogP contribution in [0.3, 0.4) is 0 Å². The second-order valence-electron chi connectivity index (χ2n) is 6.93. The van der Waals surface area contributed by atoms with Gasteiger partial charge in [0.05, 0.1) is 10.2 Å². The van der Waals surface area contributed by atoms with E-state index in [2.05, 4.69) is 72.2 Å². The quantitative estimate of drug-likeness (QED) is 0.652. The fraction of sp³-hybridized carbons (Fsp3) is 0.333. The number of likely N-dealkylation sites (N-methyl/N-ethyl adjacent to an activating group) is 1. The Balaban J connectivity index is 1.68. The van der Waals surface area contributed by atoms with Crippen LogP contribution in [0.5, 0.6) is 0 Å². The molecule has 2 nitrogen and oxygen atoms in total. The zero-order chi connectivity index (χ0) is 16.7. The molecule has 0 fully saturated rings. The molecule has 0 aliphatic carbocycles. The highest BCUT2D eigenvalue weighted by Gasteiger charge is 2.23. The fourth-order valence-corrected chi connectivity index (χ4v) is 4.80. The number of nitrogens with zero attached hydrogens (tertiary/aromatic N) is 2. The Morgan fingerprint density at radius 2 is 1.96 bits per heavy atom. The van der Waals surface area contributed by atoms with Crippen molar-refractivity contribution in [2.75, 3.05) is 13.6 Å². The van der Waals surface area contributed by atoms with Gasteiger partial charge < -0.3 is 9.47 Å². The van der Waals surface area contributed by atoms with E-state index in [1.54, 1.807) is 11.3 Å². The van der Waals surface area contributed by atoms with Crippen molar-refractivity contribution in [2.45, 2.75) is 33.4 Å². The minimum atomic E-state index is 0.959. The molecule has 1 aromatic carbocycles. The molecule has 0 radical (unpaired) electrons. The number of hydrogen-bond acceptors (Lipinski definition) is 2. The molecule has 0 atom stereocenters. The molecule has 0 saturated heterocycles. The smallest absolute Gasteiger partial charge is 0.0628 e. The second kappa shape index (κ2) is 6.23. The van der Waals surface area contributed by atoms with Crippen molar-refractivity contribution in [1.29, 1.82) is 0 Å². The van der Waals surface area contributed by atoms with E-state index in [1.165, 1.54) is 26.9 Å². The fourth-order valence-electron chi connectivity index (χ4n) is 3.68. The van der Waals surface area contributed by atoms with Gasteiger partial charge in [-0.05, 0) is 37.4 Å². The van der Waals surface area contributed by atoms with Gasteiger partial charge in [0, 0.05) is 37.3 Å². The lowest BCUT2D eigenvalue weighted by atomic mass is 10.1. The van der Waals surface area contributed by atoms with E-state index in [1.807, 2.05) is 11.3 Å².